The summed E-state index contributed by atoms with van der Waals surface area (Å²) in [4.78, 5) is 121. The number of nitrogens with two attached hydrogens (primary N) is 2. The van der Waals surface area contributed by atoms with Crippen LogP contribution in [0, 0.1) is 5.92 Å². The van der Waals surface area contributed by atoms with Gasteiger partial charge in [0.15, 0.2) is 36.2 Å². The predicted octanol–water partition coefficient (Wildman–Crippen LogP) is 4.28. The van der Waals surface area contributed by atoms with Gasteiger partial charge in [0.05, 0.1) is 53.5 Å². The van der Waals surface area contributed by atoms with E-state index in [4.69, 9.17) is 72.6 Å². The molecule has 664 valence electrons. The summed E-state index contributed by atoms with van der Waals surface area (Å²) in [6.07, 6.45) is -12.6. The van der Waals surface area contributed by atoms with E-state index in [1.54, 1.807) is 13.8 Å². The second kappa shape index (κ2) is 39.9. The molecule has 8 heterocycles. The number of aliphatic hydroxyl groups excluding tert-OH is 6. The standard InChI is InChI=1S/C84H108Cl2N10O26/c1-9-10-11-12-13-14-15-16-17-24-90-84(7)35-60(116-39(5)74(84)106)121-72-69(104)68(103)57(36-97)119-82(72)122-71-55-29-43-30-56(71)118-54-23-20-42(28-48(54)86)70(120-59-34-83(6,88)73(105)38(4)115-59)66-80(112)94-64(81(113)114)46-31-44(98)32-52(100)61(46)45-26-40(18-21-51(45)99)62(77(109)96-66)93-78(110)63(43)92-76(108)50(33-58(87)101)91-79(111)65(95-75(107)49(89-8)25-37(2)3)67(102)41-19-22-53(117-55)47(85)27-41/h9,18-23,26-32,37-39,49-50,57,59-60,62-70,72-74,82,89-90,97-100,102-106H,1,10-17,24-25,33-36,88H2,2-8H3,(H2,87,101)(H,91,111)(H,92,108)(H,93,110)(H,94,112)(H,95,107)(H,96,109)(H,113,114)/t38-,39-,49+,50-,57+,59+,60-,62+,63+,64-,65+,66-,67+,68+,69-,70+,72+,73-,74-,82-,83-,84-/m0/s1. The van der Waals surface area contributed by atoms with Gasteiger partial charge in [0, 0.05) is 46.7 Å². The van der Waals surface area contributed by atoms with Crippen molar-refractivity contribution in [3.63, 3.8) is 0 Å². The fourth-order valence-electron chi connectivity index (χ4n) is 16.1. The largest absolute Gasteiger partial charge is 0.508 e. The summed E-state index contributed by atoms with van der Waals surface area (Å²) in [7, 11) is 1.48. The van der Waals surface area contributed by atoms with Crippen LogP contribution < -0.4 is 68.2 Å². The number of carboxylic acid groups (broad SMARTS) is 1. The Bertz CT molecular complexity index is 4680. The molecule has 0 spiro atoms. The third-order valence-corrected chi connectivity index (χ3v) is 23.3. The van der Waals surface area contributed by atoms with Crippen LogP contribution in [-0.2, 0) is 62.0 Å². The molecule has 11 bridgehead atoms. The van der Waals surface area contributed by atoms with Crippen LogP contribution in [0.2, 0.25) is 10.0 Å². The van der Waals surface area contributed by atoms with Gasteiger partial charge in [0.1, 0.15) is 89.5 Å². The third kappa shape index (κ3) is 21.4. The van der Waals surface area contributed by atoms with E-state index < -0.39 is 255 Å². The van der Waals surface area contributed by atoms with Crippen molar-refractivity contribution >= 4 is 70.5 Å². The number of phenolic OH excluding ortho intramolecular Hbond substituents is 3. The number of primary amides is 1. The van der Waals surface area contributed by atoms with Crippen LogP contribution in [0.3, 0.4) is 0 Å². The molecular formula is C84H108Cl2N10O26. The molecule has 5 aromatic carbocycles. The molecule has 0 aliphatic carbocycles. The van der Waals surface area contributed by atoms with Gasteiger partial charge >= 0.3 is 5.97 Å². The van der Waals surface area contributed by atoms with Gasteiger partial charge in [-0.2, -0.15) is 0 Å². The second-order valence-electron chi connectivity index (χ2n) is 32.6. The van der Waals surface area contributed by atoms with E-state index in [0.29, 0.717) is 6.54 Å². The van der Waals surface area contributed by atoms with Gasteiger partial charge < -0.3 is 143 Å². The van der Waals surface area contributed by atoms with Crippen LogP contribution in [0.5, 0.6) is 46.0 Å². The number of carbonyl (C=O) groups is 8. The zero-order chi connectivity index (χ0) is 88.7. The molecule has 36 nitrogen and oxygen atoms in total. The summed E-state index contributed by atoms with van der Waals surface area (Å²) >= 11 is 14.6. The topological polar surface area (TPSA) is 561 Å². The number of fused-ring (bicyclic) bond motifs is 15. The van der Waals surface area contributed by atoms with Gasteiger partial charge in [0.25, 0.3) is 0 Å². The lowest BCUT2D eigenvalue weighted by Gasteiger charge is -2.48. The molecule has 7 amide bonds. The number of unbranched alkanes of at least 4 members (excludes halogenated alkanes) is 7. The van der Waals surface area contributed by atoms with E-state index in [9.17, 15) is 65.4 Å². The summed E-state index contributed by atoms with van der Waals surface area (Å²) < 4.78 is 52.8. The maximum Gasteiger partial charge on any atom is 0.330 e. The first kappa shape index (κ1) is 93.1. The number of phenols is 3. The van der Waals surface area contributed by atoms with Crippen LogP contribution >= 0.6 is 23.2 Å². The smallest absolute Gasteiger partial charge is 0.330 e. The Labute approximate surface area is 712 Å². The molecule has 3 fully saturated rings. The lowest BCUT2D eigenvalue weighted by atomic mass is 9.84. The van der Waals surface area contributed by atoms with Crippen molar-refractivity contribution in [1.82, 2.24) is 42.5 Å². The minimum atomic E-state index is -2.38. The number of benzene rings is 5. The van der Waals surface area contributed by atoms with Crippen LogP contribution in [0.15, 0.2) is 91.5 Å². The van der Waals surface area contributed by atoms with E-state index in [1.165, 1.54) is 51.2 Å². The first-order valence-corrected chi connectivity index (χ1v) is 41.2. The SMILES string of the molecule is C=CCCCCCCCCCN[C@@]1(C)C[C@H](O[C@H]2[C@H](Oc3c4cc5cc3Oc3ccc(cc3Cl)[C@@H](O[C@@H]3C[C@](C)(N)[C@@H](O)[C@H](C)O3)[C@@H]3NC(=O)[C@H](NC(=O)[C@@H]5NC(=O)[C@H](CC(N)=O)NC(=O)[C@H](NC(=O)[C@@H](CC(C)C)NC)[C@H](O)c5ccc(c(Cl)c5)O4)c4ccc(O)c(c4)-c4c(O)cc(O)cc4[C@@H](C(=O)O)NC3=O)O[C@H](CO)[C@@H](O)[C@@H]2O)O[C@@H](C)[C@@H]1O. The predicted molar refractivity (Wildman–Crippen MR) is 437 cm³/mol. The number of ether oxygens (including phenoxy) is 8. The van der Waals surface area contributed by atoms with Gasteiger partial charge in [-0.1, -0.05) is 93.4 Å². The van der Waals surface area contributed by atoms with Crippen molar-refractivity contribution in [2.45, 2.75) is 252 Å². The molecule has 8 aliphatic rings. The van der Waals surface area contributed by atoms with E-state index in [1.807, 2.05) is 19.9 Å². The van der Waals surface area contributed by atoms with Gasteiger partial charge in [-0.05, 0) is 150 Å². The zero-order valence-electron chi connectivity index (χ0n) is 68.2. The second-order valence-corrected chi connectivity index (χ2v) is 33.5. The van der Waals surface area contributed by atoms with Gasteiger partial charge in [0.2, 0.25) is 53.4 Å². The highest BCUT2D eigenvalue weighted by molar-refractivity contribution is 6.32. The van der Waals surface area contributed by atoms with Crippen molar-refractivity contribution in [2.24, 2.45) is 17.4 Å². The normalized spacial score (nSPS) is 30.2. The summed E-state index contributed by atoms with van der Waals surface area (Å²) in [5.74, 6) is -15.9. The fraction of sp³-hybridized carbons (Fsp3) is 0.524. The number of aliphatic carboxylic acids is 1. The lowest BCUT2D eigenvalue weighted by Crippen LogP contribution is -2.65. The molecule has 8 aliphatic heterocycles. The Morgan fingerprint density at radius 2 is 1.27 bits per heavy atom. The van der Waals surface area contributed by atoms with Crippen LogP contribution in [0.1, 0.15) is 177 Å². The van der Waals surface area contributed by atoms with Crippen molar-refractivity contribution in [1.29, 1.82) is 0 Å². The third-order valence-electron chi connectivity index (χ3n) is 22.7. The zero-order valence-corrected chi connectivity index (χ0v) is 69.7. The Morgan fingerprint density at radius 1 is 0.672 bits per heavy atom. The highest BCUT2D eigenvalue weighted by Crippen LogP contribution is 2.51. The number of halogens is 2. The number of carboxylic acids is 1. The molecule has 13 rings (SSSR count). The maximum atomic E-state index is 16.5. The molecule has 22 atom stereocenters. The van der Waals surface area contributed by atoms with Crippen molar-refractivity contribution in [2.75, 3.05) is 20.2 Å². The van der Waals surface area contributed by atoms with Gasteiger partial charge in [-0.3, -0.25) is 33.6 Å². The number of hydrogen-bond donors (Lipinski definition) is 20. The minimum absolute atomic E-state index is 0.102. The van der Waals surface area contributed by atoms with Gasteiger partial charge in [-0.15, -0.1) is 6.58 Å². The quantitative estimate of drug-likeness (QED) is 0.0271. The number of aromatic hydroxyl groups is 3. The Kier molecular flexibility index (Phi) is 30.5. The highest BCUT2D eigenvalue weighted by atomic mass is 35.5. The number of allylic oxidation sites excluding steroid dienone is 1. The van der Waals surface area contributed by atoms with Crippen LogP contribution in [0.4, 0.5) is 0 Å². The van der Waals surface area contributed by atoms with Crippen LogP contribution in [-0.4, -0.2) is 222 Å². The summed E-state index contributed by atoms with van der Waals surface area (Å²) in [6, 6.07) is -0.227. The molecule has 38 heteroatoms. The van der Waals surface area contributed by atoms with E-state index >= 15 is 24.0 Å². The first-order valence-electron chi connectivity index (χ1n) is 40.4. The summed E-state index contributed by atoms with van der Waals surface area (Å²) in [5.41, 5.74) is 7.18. The van der Waals surface area contributed by atoms with E-state index in [-0.39, 0.29) is 58.4 Å². The summed E-state index contributed by atoms with van der Waals surface area (Å²) in [6.45, 7) is 13.3. The number of amides is 7. The molecular weight excluding hydrogens is 1640 g/mol. The average Bonchev–Trinajstić information content (AvgIpc) is 0.760. The van der Waals surface area contributed by atoms with Crippen molar-refractivity contribution in [3.05, 3.63) is 129 Å². The Morgan fingerprint density at radius 3 is 1.89 bits per heavy atom. The molecule has 0 radical (unpaired) electrons. The Hall–Kier alpha value is -9.58. The number of rotatable bonds is 26. The van der Waals surface area contributed by atoms with Crippen LogP contribution in [0.25, 0.3) is 11.1 Å². The molecule has 22 N–H and O–H groups in total. The maximum absolute atomic E-state index is 16.5. The molecule has 5 aromatic rings. The average molecular weight is 1740 g/mol. The molecule has 0 unspecified atom stereocenters. The highest BCUT2D eigenvalue weighted by Gasteiger charge is 2.53. The number of nitrogens with one attached hydrogen (secondary N) is 8. The first-order chi connectivity index (χ1) is 57.8. The number of carbonyl (C=O) groups excluding carboxylic acids is 7. The number of likely N-dealkylation sites (N-methyl/N-ethyl adjacent to an activating group) is 1. The number of aliphatic hydroxyl groups is 6. The molecule has 0 saturated carbocycles. The van der Waals surface area contributed by atoms with E-state index in [0.717, 1.165) is 99.9 Å². The van der Waals surface area contributed by atoms with Crippen molar-refractivity contribution < 1.29 is 127 Å². The monoisotopic (exact) mass is 1740 g/mol. The molecule has 122 heavy (non-hydrogen) atoms. The Balaban J connectivity index is 1.14. The molecule has 0 aromatic heterocycles. The fourth-order valence-corrected chi connectivity index (χ4v) is 16.5. The van der Waals surface area contributed by atoms with E-state index in [2.05, 4.69) is 49.1 Å². The van der Waals surface area contributed by atoms with Crippen molar-refractivity contribution in [3.8, 4) is 57.1 Å². The number of hydrogen-bond acceptors (Lipinski definition) is 28. The summed E-state index contributed by atoms with van der Waals surface area (Å²) in [5, 5.41) is 137. The molecule has 3 saturated heterocycles. The minimum Gasteiger partial charge on any atom is -0.508 e. The lowest BCUT2D eigenvalue weighted by molar-refractivity contribution is -0.334. The van der Waals surface area contributed by atoms with Gasteiger partial charge in [-0.25, -0.2) is 4.79 Å².